The molecule has 0 aliphatic carbocycles. The fourth-order valence-corrected chi connectivity index (χ4v) is 4.56. The van der Waals surface area contributed by atoms with E-state index >= 15 is 0 Å². The topological polar surface area (TPSA) is 123 Å². The zero-order valence-corrected chi connectivity index (χ0v) is 18.7. The van der Waals surface area contributed by atoms with Crippen LogP contribution in [0.25, 0.3) is 11.0 Å². The van der Waals surface area contributed by atoms with Gasteiger partial charge in [0, 0.05) is 56.1 Å². The summed E-state index contributed by atoms with van der Waals surface area (Å²) in [6, 6.07) is 5.67. The van der Waals surface area contributed by atoms with Gasteiger partial charge in [-0.15, -0.1) is 0 Å². The Balaban J connectivity index is 1.34. The average Bonchev–Trinajstić information content (AvgIpc) is 3.22. The molecular weight excluding hydrogens is 420 g/mol. The maximum atomic E-state index is 10.6. The number of rotatable bonds is 4. The molecular formula is C23H32N8O2. The van der Waals surface area contributed by atoms with E-state index in [0.29, 0.717) is 11.8 Å². The Morgan fingerprint density at radius 2 is 1.85 bits per heavy atom. The number of aryl methyl sites for hydroxylation is 1. The number of anilines is 2. The van der Waals surface area contributed by atoms with Crippen molar-refractivity contribution in [1.29, 1.82) is 0 Å². The molecule has 1 fully saturated rings. The summed E-state index contributed by atoms with van der Waals surface area (Å²) in [6.45, 7) is 4.97. The van der Waals surface area contributed by atoms with Crippen LogP contribution in [-0.4, -0.2) is 67.4 Å². The van der Waals surface area contributed by atoms with Crippen LogP contribution in [0.15, 0.2) is 30.6 Å². The molecule has 0 saturated carbocycles. The highest BCUT2D eigenvalue weighted by molar-refractivity contribution is 5.78. The van der Waals surface area contributed by atoms with Crippen LogP contribution in [0.4, 0.5) is 11.8 Å². The van der Waals surface area contributed by atoms with Gasteiger partial charge < -0.3 is 25.4 Å². The van der Waals surface area contributed by atoms with Gasteiger partial charge in [0.05, 0.1) is 5.69 Å². The number of aliphatic hydroxyl groups is 2. The maximum Gasteiger partial charge on any atom is 0.230 e. The molecule has 176 valence electrons. The minimum Gasteiger partial charge on any atom is -0.374 e. The van der Waals surface area contributed by atoms with E-state index < -0.39 is 12.5 Å². The third kappa shape index (κ3) is 4.99. The predicted molar refractivity (Wildman–Crippen MR) is 126 cm³/mol. The summed E-state index contributed by atoms with van der Waals surface area (Å²) in [6.07, 6.45) is 6.52. The molecule has 3 aromatic heterocycles. The van der Waals surface area contributed by atoms with Gasteiger partial charge in [0.15, 0.2) is 0 Å². The average molecular weight is 453 g/mol. The predicted octanol–water partition coefficient (Wildman–Crippen LogP) is 1.62. The van der Waals surface area contributed by atoms with Crippen molar-refractivity contribution in [2.45, 2.75) is 44.7 Å². The number of hydrogen-bond acceptors (Lipinski definition) is 9. The molecule has 3 aromatic rings. The van der Waals surface area contributed by atoms with Crippen molar-refractivity contribution in [1.82, 2.24) is 35.1 Å². The van der Waals surface area contributed by atoms with Crippen LogP contribution in [0.3, 0.4) is 0 Å². The second kappa shape index (κ2) is 10.1. The minimum atomic E-state index is -0.718. The number of aromatic nitrogens is 4. The zero-order valence-electron chi connectivity index (χ0n) is 18.7. The Hall–Kier alpha value is -2.63. The van der Waals surface area contributed by atoms with Crippen LogP contribution in [0.2, 0.25) is 0 Å². The van der Waals surface area contributed by atoms with Gasteiger partial charge in [0.1, 0.15) is 23.9 Å². The van der Waals surface area contributed by atoms with Crippen molar-refractivity contribution in [2.75, 3.05) is 38.0 Å². The van der Waals surface area contributed by atoms with Crippen LogP contribution in [0.1, 0.15) is 49.4 Å². The van der Waals surface area contributed by atoms with Crippen LogP contribution < -0.4 is 16.0 Å². The smallest absolute Gasteiger partial charge is 0.230 e. The lowest BCUT2D eigenvalue weighted by atomic mass is 10.1. The first kappa shape index (κ1) is 22.2. The molecule has 2 aliphatic rings. The van der Waals surface area contributed by atoms with Gasteiger partial charge in [0.25, 0.3) is 0 Å². The van der Waals surface area contributed by atoms with Crippen LogP contribution in [0, 0.1) is 0 Å². The molecule has 10 heteroatoms. The molecule has 1 saturated heterocycles. The van der Waals surface area contributed by atoms with Crippen molar-refractivity contribution in [3.63, 3.8) is 0 Å². The number of nitrogens with zero attached hydrogens (tertiary/aromatic N) is 5. The first-order chi connectivity index (χ1) is 16.2. The summed E-state index contributed by atoms with van der Waals surface area (Å²) >= 11 is 0. The van der Waals surface area contributed by atoms with E-state index in [4.69, 9.17) is 4.98 Å². The van der Waals surface area contributed by atoms with Gasteiger partial charge in [-0.1, -0.05) is 12.8 Å². The number of nitrogens with one attached hydrogen (secondary N) is 3. The highest BCUT2D eigenvalue weighted by Crippen LogP contribution is 2.25. The SMILES string of the molecule is OC1NCCCCCCn2c1cc1cnc(Nc3ccc(C(O)N4CCNCC4)cn3)nc12. The number of aliphatic hydroxyl groups excluding tert-OH is 2. The molecule has 0 spiro atoms. The van der Waals surface area contributed by atoms with Crippen LogP contribution >= 0.6 is 0 Å². The molecule has 5 rings (SSSR count). The van der Waals surface area contributed by atoms with E-state index in [1.54, 1.807) is 12.4 Å². The normalized spacial score (nSPS) is 21.5. The highest BCUT2D eigenvalue weighted by Gasteiger charge is 2.20. The van der Waals surface area contributed by atoms with E-state index in [2.05, 4.69) is 30.5 Å². The zero-order chi connectivity index (χ0) is 22.6. The Kier molecular flexibility index (Phi) is 6.79. The van der Waals surface area contributed by atoms with E-state index in [1.165, 1.54) is 0 Å². The second-order valence-corrected chi connectivity index (χ2v) is 8.73. The van der Waals surface area contributed by atoms with Crippen molar-refractivity contribution < 1.29 is 10.2 Å². The summed E-state index contributed by atoms with van der Waals surface area (Å²) in [5, 5.41) is 31.8. The Morgan fingerprint density at radius 1 is 1.00 bits per heavy atom. The van der Waals surface area contributed by atoms with Crippen molar-refractivity contribution in [2.24, 2.45) is 0 Å². The van der Waals surface area contributed by atoms with Gasteiger partial charge in [-0.2, -0.15) is 4.98 Å². The van der Waals surface area contributed by atoms with E-state index in [0.717, 1.165) is 87.2 Å². The molecule has 0 amide bonds. The summed E-state index contributed by atoms with van der Waals surface area (Å²) < 4.78 is 2.09. The number of piperazine rings is 1. The van der Waals surface area contributed by atoms with Crippen molar-refractivity contribution in [3.8, 4) is 0 Å². The van der Waals surface area contributed by atoms with E-state index in [1.807, 2.05) is 23.1 Å². The summed E-state index contributed by atoms with van der Waals surface area (Å²) in [7, 11) is 0. The molecule has 2 atom stereocenters. The molecule has 2 aliphatic heterocycles. The standard InChI is InChI=1S/C23H32N8O2/c32-21-18-13-17-15-27-23(29-20(17)31(18)10-4-2-1-3-7-25-21)28-19-6-5-16(14-26-19)22(33)30-11-8-24-9-12-30/h5-6,13-15,21-22,24-25,32-33H,1-4,7-12H2,(H,26,27,28,29). The fraction of sp³-hybridized carbons (Fsp3) is 0.522. The molecule has 5 heterocycles. The van der Waals surface area contributed by atoms with Gasteiger partial charge in [-0.25, -0.2) is 9.97 Å². The molecule has 2 unspecified atom stereocenters. The third-order valence-electron chi connectivity index (χ3n) is 6.41. The summed E-state index contributed by atoms with van der Waals surface area (Å²) in [5.74, 6) is 1.06. The summed E-state index contributed by atoms with van der Waals surface area (Å²) in [4.78, 5) is 15.7. The number of fused-ring (bicyclic) bond motifs is 3. The largest absolute Gasteiger partial charge is 0.374 e. The Bertz CT molecular complexity index is 1060. The van der Waals surface area contributed by atoms with Crippen molar-refractivity contribution >= 4 is 22.8 Å². The lowest BCUT2D eigenvalue weighted by Gasteiger charge is -2.31. The van der Waals surface area contributed by atoms with Crippen LogP contribution in [-0.2, 0) is 6.54 Å². The molecule has 33 heavy (non-hydrogen) atoms. The third-order valence-corrected chi connectivity index (χ3v) is 6.41. The van der Waals surface area contributed by atoms with E-state index in [9.17, 15) is 10.2 Å². The lowest BCUT2D eigenvalue weighted by molar-refractivity contribution is -0.00566. The van der Waals surface area contributed by atoms with E-state index in [-0.39, 0.29) is 0 Å². The molecule has 0 aromatic carbocycles. The fourth-order valence-electron chi connectivity index (χ4n) is 4.56. The Labute approximate surface area is 193 Å². The quantitative estimate of drug-likeness (QED) is 0.402. The van der Waals surface area contributed by atoms with Gasteiger partial charge in [-0.05, 0) is 37.6 Å². The first-order valence-electron chi connectivity index (χ1n) is 11.8. The lowest BCUT2D eigenvalue weighted by Crippen LogP contribution is -2.45. The molecule has 0 bridgehead atoms. The highest BCUT2D eigenvalue weighted by atomic mass is 16.3. The van der Waals surface area contributed by atoms with Gasteiger partial charge >= 0.3 is 0 Å². The van der Waals surface area contributed by atoms with Crippen LogP contribution in [0.5, 0.6) is 0 Å². The number of hydrogen-bond donors (Lipinski definition) is 5. The monoisotopic (exact) mass is 452 g/mol. The summed E-state index contributed by atoms with van der Waals surface area (Å²) in [5.41, 5.74) is 2.39. The van der Waals surface area contributed by atoms with Gasteiger partial charge in [0.2, 0.25) is 5.95 Å². The molecule has 5 N–H and O–H groups in total. The molecule has 10 nitrogen and oxygen atoms in total. The number of pyridine rings is 1. The maximum absolute atomic E-state index is 10.6. The van der Waals surface area contributed by atoms with Gasteiger partial charge in [-0.3, -0.25) is 10.2 Å². The first-order valence-corrected chi connectivity index (χ1v) is 11.8. The second-order valence-electron chi connectivity index (χ2n) is 8.73. The molecule has 0 radical (unpaired) electrons. The Morgan fingerprint density at radius 3 is 2.67 bits per heavy atom. The minimum absolute atomic E-state index is 0.450. The van der Waals surface area contributed by atoms with Crippen molar-refractivity contribution in [3.05, 3.63) is 41.9 Å².